The standard InChI is InChI=1S/C35H29ClN2O5S/c1-4-42-27-18-24(12-15-26(27)43-19-22-8-6-5-7-9-22)31-29(32(39)23-10-13-25(36)14-11-23)33(40)34(41)38(31)35-37-30-21(3)16-20(2)17-28(30)44-35/h5-18,31,39H,4,19H2,1-3H3/b32-29+. The third-order valence-corrected chi connectivity index (χ3v) is 8.66. The van der Waals surface area contributed by atoms with Gasteiger partial charge in [-0.25, -0.2) is 4.98 Å². The number of aromatic nitrogens is 1. The van der Waals surface area contributed by atoms with Crippen molar-refractivity contribution in [1.29, 1.82) is 0 Å². The normalized spacial score (nSPS) is 16.1. The summed E-state index contributed by atoms with van der Waals surface area (Å²) in [6.07, 6.45) is 0. The van der Waals surface area contributed by atoms with Gasteiger partial charge < -0.3 is 14.6 Å². The van der Waals surface area contributed by atoms with Crippen LogP contribution in [-0.4, -0.2) is 28.4 Å². The first-order valence-electron chi connectivity index (χ1n) is 14.1. The van der Waals surface area contributed by atoms with Gasteiger partial charge in [0.05, 0.1) is 28.4 Å². The highest BCUT2D eigenvalue weighted by atomic mass is 35.5. The van der Waals surface area contributed by atoms with Gasteiger partial charge in [0, 0.05) is 10.6 Å². The lowest BCUT2D eigenvalue weighted by Crippen LogP contribution is -2.29. The van der Waals surface area contributed by atoms with Gasteiger partial charge in [0.1, 0.15) is 12.4 Å². The van der Waals surface area contributed by atoms with Gasteiger partial charge >= 0.3 is 5.91 Å². The molecule has 0 bridgehead atoms. The Bertz CT molecular complexity index is 1920. The summed E-state index contributed by atoms with van der Waals surface area (Å²) in [7, 11) is 0. The van der Waals surface area contributed by atoms with E-state index in [-0.39, 0.29) is 11.3 Å². The number of hydrogen-bond acceptors (Lipinski definition) is 7. The van der Waals surface area contributed by atoms with Gasteiger partial charge in [0.25, 0.3) is 5.78 Å². The van der Waals surface area contributed by atoms with E-state index in [0.717, 1.165) is 26.9 Å². The molecule has 2 heterocycles. The number of halogens is 1. The molecule has 6 rings (SSSR count). The molecule has 1 N–H and O–H groups in total. The third kappa shape index (κ3) is 5.54. The third-order valence-electron chi connectivity index (χ3n) is 7.41. The predicted octanol–water partition coefficient (Wildman–Crippen LogP) is 8.17. The number of aliphatic hydroxyl groups excluding tert-OH is 1. The Morgan fingerprint density at radius 2 is 1.70 bits per heavy atom. The molecule has 5 aromatic rings. The highest BCUT2D eigenvalue weighted by molar-refractivity contribution is 7.22. The van der Waals surface area contributed by atoms with E-state index in [0.29, 0.717) is 46.0 Å². The molecule has 1 aliphatic heterocycles. The molecule has 222 valence electrons. The first kappa shape index (κ1) is 29.4. The van der Waals surface area contributed by atoms with Crippen LogP contribution >= 0.6 is 22.9 Å². The molecule has 1 unspecified atom stereocenters. The van der Waals surface area contributed by atoms with E-state index in [1.165, 1.54) is 16.2 Å². The molecular weight excluding hydrogens is 596 g/mol. The molecular formula is C35H29ClN2O5S. The first-order chi connectivity index (χ1) is 21.2. The van der Waals surface area contributed by atoms with Crippen LogP contribution in [0, 0.1) is 13.8 Å². The number of amides is 1. The number of fused-ring (bicyclic) bond motifs is 1. The zero-order chi connectivity index (χ0) is 31.0. The molecule has 4 aromatic carbocycles. The number of aryl methyl sites for hydroxylation is 2. The maximum absolute atomic E-state index is 13.8. The largest absolute Gasteiger partial charge is 0.507 e. The van der Waals surface area contributed by atoms with Crippen LogP contribution in [0.3, 0.4) is 0 Å². The van der Waals surface area contributed by atoms with Crippen molar-refractivity contribution < 1.29 is 24.2 Å². The zero-order valence-electron chi connectivity index (χ0n) is 24.3. The van der Waals surface area contributed by atoms with Crippen molar-refractivity contribution in [1.82, 2.24) is 4.98 Å². The summed E-state index contributed by atoms with van der Waals surface area (Å²) in [6.45, 7) is 6.53. The Kier molecular flexibility index (Phi) is 8.12. The highest BCUT2D eigenvalue weighted by Crippen LogP contribution is 2.46. The monoisotopic (exact) mass is 624 g/mol. The average molecular weight is 625 g/mol. The van der Waals surface area contributed by atoms with Gasteiger partial charge in [-0.1, -0.05) is 65.4 Å². The molecule has 1 saturated heterocycles. The number of benzene rings is 4. The first-order valence-corrected chi connectivity index (χ1v) is 15.3. The minimum atomic E-state index is -0.977. The summed E-state index contributed by atoms with van der Waals surface area (Å²) in [6, 6.07) is 24.6. The number of Topliss-reactive ketones (excluding diaryl/α,β-unsaturated/α-hetero) is 1. The van der Waals surface area contributed by atoms with Crippen molar-refractivity contribution in [3.63, 3.8) is 0 Å². The Balaban J connectivity index is 1.50. The van der Waals surface area contributed by atoms with E-state index in [1.807, 2.05) is 63.2 Å². The molecule has 1 fully saturated rings. The fraction of sp³-hybridized carbons (Fsp3) is 0.171. The van der Waals surface area contributed by atoms with Crippen LogP contribution in [0.25, 0.3) is 16.0 Å². The fourth-order valence-electron chi connectivity index (χ4n) is 5.39. The average Bonchev–Trinajstić information content (AvgIpc) is 3.55. The minimum Gasteiger partial charge on any atom is -0.507 e. The van der Waals surface area contributed by atoms with Crippen LogP contribution in [0.15, 0.2) is 90.5 Å². The molecule has 1 aromatic heterocycles. The Hall–Kier alpha value is -4.66. The quantitative estimate of drug-likeness (QED) is 0.106. The van der Waals surface area contributed by atoms with Crippen molar-refractivity contribution in [2.45, 2.75) is 33.4 Å². The predicted molar refractivity (Wildman–Crippen MR) is 174 cm³/mol. The van der Waals surface area contributed by atoms with Gasteiger partial charge in [0.15, 0.2) is 16.6 Å². The molecule has 44 heavy (non-hydrogen) atoms. The second-order valence-corrected chi connectivity index (χ2v) is 12.0. The second-order valence-electron chi connectivity index (χ2n) is 10.5. The lowest BCUT2D eigenvalue weighted by atomic mass is 9.95. The Morgan fingerprint density at radius 3 is 2.43 bits per heavy atom. The summed E-state index contributed by atoms with van der Waals surface area (Å²) >= 11 is 7.41. The number of nitrogens with zero attached hydrogens (tertiary/aromatic N) is 2. The van der Waals surface area contributed by atoms with Crippen LogP contribution in [0.5, 0.6) is 11.5 Å². The van der Waals surface area contributed by atoms with E-state index >= 15 is 0 Å². The number of anilines is 1. The summed E-state index contributed by atoms with van der Waals surface area (Å²) < 4.78 is 13.0. The maximum Gasteiger partial charge on any atom is 0.301 e. The van der Waals surface area contributed by atoms with Gasteiger partial charge in [-0.05, 0) is 85.5 Å². The zero-order valence-corrected chi connectivity index (χ0v) is 25.9. The van der Waals surface area contributed by atoms with Crippen LogP contribution < -0.4 is 14.4 Å². The second kappa shape index (κ2) is 12.1. The Labute approximate surface area is 264 Å². The lowest BCUT2D eigenvalue weighted by Gasteiger charge is -2.24. The van der Waals surface area contributed by atoms with Crippen molar-refractivity contribution in [3.8, 4) is 11.5 Å². The fourth-order valence-corrected chi connectivity index (χ4v) is 6.68. The van der Waals surface area contributed by atoms with Crippen LogP contribution in [-0.2, 0) is 16.2 Å². The molecule has 0 radical (unpaired) electrons. The minimum absolute atomic E-state index is 0.0510. The molecule has 7 nitrogen and oxygen atoms in total. The van der Waals surface area contributed by atoms with Crippen molar-refractivity contribution >= 4 is 55.7 Å². The SMILES string of the molecule is CCOc1cc(C2/C(=C(\O)c3ccc(Cl)cc3)C(=O)C(=O)N2c2nc3c(C)cc(C)cc3s2)ccc1OCc1ccccc1. The highest BCUT2D eigenvalue weighted by Gasteiger charge is 2.48. The molecule has 0 spiro atoms. The lowest BCUT2D eigenvalue weighted by molar-refractivity contribution is -0.132. The number of ketones is 1. The molecule has 0 aliphatic carbocycles. The van der Waals surface area contributed by atoms with E-state index in [1.54, 1.807) is 42.5 Å². The molecule has 1 amide bonds. The molecule has 0 saturated carbocycles. The van der Waals surface area contributed by atoms with E-state index in [4.69, 9.17) is 26.1 Å². The summed E-state index contributed by atoms with van der Waals surface area (Å²) in [5.74, 6) is -0.921. The van der Waals surface area contributed by atoms with Crippen LogP contribution in [0.4, 0.5) is 5.13 Å². The van der Waals surface area contributed by atoms with E-state index in [9.17, 15) is 14.7 Å². The smallest absolute Gasteiger partial charge is 0.301 e. The summed E-state index contributed by atoms with van der Waals surface area (Å²) in [5, 5.41) is 12.4. The van der Waals surface area contributed by atoms with Crippen molar-refractivity contribution in [3.05, 3.63) is 123 Å². The number of ether oxygens (including phenoxy) is 2. The number of aliphatic hydroxyl groups is 1. The number of thiazole rings is 1. The summed E-state index contributed by atoms with van der Waals surface area (Å²) in [4.78, 5) is 33.7. The maximum atomic E-state index is 13.8. The van der Waals surface area contributed by atoms with Gasteiger partial charge in [-0.2, -0.15) is 0 Å². The van der Waals surface area contributed by atoms with Gasteiger partial charge in [-0.15, -0.1) is 0 Å². The number of hydrogen-bond donors (Lipinski definition) is 1. The van der Waals surface area contributed by atoms with E-state index < -0.39 is 17.7 Å². The Morgan fingerprint density at radius 1 is 0.955 bits per heavy atom. The van der Waals surface area contributed by atoms with Gasteiger partial charge in [0.2, 0.25) is 0 Å². The van der Waals surface area contributed by atoms with Gasteiger partial charge in [-0.3, -0.25) is 14.5 Å². The van der Waals surface area contributed by atoms with E-state index in [2.05, 4.69) is 0 Å². The van der Waals surface area contributed by atoms with Crippen molar-refractivity contribution in [2.24, 2.45) is 0 Å². The number of carbonyl (C=O) groups is 2. The molecule has 1 atom stereocenters. The number of carbonyl (C=O) groups excluding carboxylic acids is 2. The number of rotatable bonds is 8. The van der Waals surface area contributed by atoms with Crippen molar-refractivity contribution in [2.75, 3.05) is 11.5 Å². The van der Waals surface area contributed by atoms with Crippen LogP contribution in [0.1, 0.15) is 40.8 Å². The van der Waals surface area contributed by atoms with Crippen LogP contribution in [0.2, 0.25) is 5.02 Å². The topological polar surface area (TPSA) is 89.0 Å². The molecule has 1 aliphatic rings. The molecule has 9 heteroatoms. The summed E-state index contributed by atoms with van der Waals surface area (Å²) in [5.41, 5.74) is 4.66.